The topological polar surface area (TPSA) is 66.5 Å². The number of halogens is 2. The molecule has 1 amide bonds. The minimum absolute atomic E-state index is 0.0298. The minimum Gasteiger partial charge on any atom is -0.311 e. The first kappa shape index (κ1) is 18.7. The summed E-state index contributed by atoms with van der Waals surface area (Å²) in [7, 11) is -3.92. The molecule has 5 nitrogen and oxygen atoms in total. The Bertz CT molecular complexity index is 1010. The lowest BCUT2D eigenvalue weighted by molar-refractivity contribution is -0.116. The van der Waals surface area contributed by atoms with Crippen LogP contribution in [-0.4, -0.2) is 20.9 Å². The van der Waals surface area contributed by atoms with Crippen molar-refractivity contribution in [3.8, 4) is 0 Å². The third-order valence-corrected chi connectivity index (χ3v) is 6.08. The Kier molecular flexibility index (Phi) is 4.48. The zero-order chi connectivity index (χ0) is 19.3. The quantitative estimate of drug-likeness (QED) is 0.854. The molecule has 0 spiro atoms. The highest BCUT2D eigenvalue weighted by Crippen LogP contribution is 2.41. The minimum atomic E-state index is -3.92. The first-order valence-corrected chi connectivity index (χ1v) is 9.78. The van der Waals surface area contributed by atoms with E-state index in [0.29, 0.717) is 12.2 Å². The fourth-order valence-electron chi connectivity index (χ4n) is 3.08. The van der Waals surface area contributed by atoms with Crippen molar-refractivity contribution in [1.29, 1.82) is 0 Å². The number of nitrogens with zero attached hydrogens (tertiary/aromatic N) is 1. The van der Waals surface area contributed by atoms with E-state index in [9.17, 15) is 17.6 Å². The summed E-state index contributed by atoms with van der Waals surface area (Å²) >= 11 is 5.90. The molecule has 1 aliphatic heterocycles. The Balaban J connectivity index is 2.01. The number of hydrogen-bond donors (Lipinski definition) is 1. The molecular weight excluding hydrogens is 379 g/mol. The van der Waals surface area contributed by atoms with E-state index in [2.05, 4.69) is 4.72 Å². The van der Waals surface area contributed by atoms with Crippen LogP contribution in [0.15, 0.2) is 41.3 Å². The summed E-state index contributed by atoms with van der Waals surface area (Å²) in [6, 6.07) is 8.07. The maximum atomic E-state index is 13.1. The van der Waals surface area contributed by atoms with Crippen LogP contribution in [0, 0.1) is 5.82 Å². The number of carbonyl (C=O) groups excluding carboxylic acids is 1. The molecule has 0 atom stereocenters. The summed E-state index contributed by atoms with van der Waals surface area (Å²) in [6.07, 6.45) is 0. The number of anilines is 2. The van der Waals surface area contributed by atoms with Crippen LogP contribution in [-0.2, 0) is 20.2 Å². The fourth-order valence-corrected chi connectivity index (χ4v) is 4.46. The summed E-state index contributed by atoms with van der Waals surface area (Å²) in [5.41, 5.74) is 1.21. The van der Waals surface area contributed by atoms with E-state index >= 15 is 0 Å². The number of sulfonamides is 1. The van der Waals surface area contributed by atoms with Crippen molar-refractivity contribution >= 4 is 38.9 Å². The third kappa shape index (κ3) is 3.29. The highest BCUT2D eigenvalue weighted by Gasteiger charge is 2.37. The Morgan fingerprint density at radius 3 is 2.54 bits per heavy atom. The second-order valence-electron chi connectivity index (χ2n) is 6.90. The van der Waals surface area contributed by atoms with Crippen LogP contribution in [0.1, 0.15) is 26.3 Å². The van der Waals surface area contributed by atoms with Gasteiger partial charge in [-0.1, -0.05) is 25.4 Å². The lowest BCUT2D eigenvalue weighted by Crippen LogP contribution is -2.31. The maximum absolute atomic E-state index is 13.1. The molecule has 0 fully saturated rings. The van der Waals surface area contributed by atoms with E-state index in [0.717, 1.165) is 17.7 Å². The molecule has 1 heterocycles. The monoisotopic (exact) mass is 396 g/mol. The molecule has 0 saturated carbocycles. The predicted octanol–water partition coefficient (Wildman–Crippen LogP) is 3.92. The molecule has 0 saturated heterocycles. The van der Waals surface area contributed by atoms with Gasteiger partial charge in [0.05, 0.1) is 15.6 Å². The van der Waals surface area contributed by atoms with Crippen molar-refractivity contribution in [3.63, 3.8) is 0 Å². The van der Waals surface area contributed by atoms with E-state index in [1.807, 2.05) is 13.8 Å². The van der Waals surface area contributed by atoms with Gasteiger partial charge in [-0.2, -0.15) is 0 Å². The van der Waals surface area contributed by atoms with Crippen LogP contribution in [0.2, 0.25) is 5.02 Å². The molecule has 8 heteroatoms. The second-order valence-corrected chi connectivity index (χ2v) is 8.99. The smallest absolute Gasteiger partial charge is 0.261 e. The molecule has 0 unspecified atom stereocenters. The van der Waals surface area contributed by atoms with Gasteiger partial charge in [0.1, 0.15) is 5.82 Å². The predicted molar refractivity (Wildman–Crippen MR) is 99.7 cm³/mol. The first-order valence-electron chi connectivity index (χ1n) is 7.92. The average molecular weight is 397 g/mol. The summed E-state index contributed by atoms with van der Waals surface area (Å²) in [5, 5.41) is -0.0298. The number of carbonyl (C=O) groups is 1. The van der Waals surface area contributed by atoms with Gasteiger partial charge in [0.15, 0.2) is 0 Å². The summed E-state index contributed by atoms with van der Waals surface area (Å²) in [4.78, 5) is 13.5. The zero-order valence-electron chi connectivity index (χ0n) is 14.5. The number of fused-ring (bicyclic) bond motifs is 1. The molecule has 2 aromatic rings. The number of benzene rings is 2. The van der Waals surface area contributed by atoms with Gasteiger partial charge in [-0.3, -0.25) is 9.52 Å². The fraction of sp³-hybridized carbons (Fsp3) is 0.278. The molecule has 0 radical (unpaired) electrons. The van der Waals surface area contributed by atoms with Gasteiger partial charge in [-0.25, -0.2) is 12.8 Å². The van der Waals surface area contributed by atoms with E-state index in [-0.39, 0.29) is 26.9 Å². The molecule has 0 aromatic heterocycles. The lowest BCUT2D eigenvalue weighted by atomic mass is 9.87. The first-order chi connectivity index (χ1) is 12.0. The van der Waals surface area contributed by atoms with E-state index < -0.39 is 15.8 Å². The van der Waals surface area contributed by atoms with Crippen molar-refractivity contribution in [2.24, 2.45) is 0 Å². The highest BCUT2D eigenvalue weighted by molar-refractivity contribution is 7.92. The molecule has 1 aliphatic rings. The molecule has 2 aromatic carbocycles. The number of amides is 1. The molecule has 0 aliphatic carbocycles. The largest absolute Gasteiger partial charge is 0.311 e. The van der Waals surface area contributed by atoms with E-state index in [1.165, 1.54) is 19.1 Å². The summed E-state index contributed by atoms with van der Waals surface area (Å²) in [6.45, 7) is 5.87. The van der Waals surface area contributed by atoms with Crippen LogP contribution in [0.25, 0.3) is 0 Å². The zero-order valence-corrected chi connectivity index (χ0v) is 16.1. The normalized spacial score (nSPS) is 15.7. The van der Waals surface area contributed by atoms with Crippen LogP contribution in [0.3, 0.4) is 0 Å². The Labute approximate surface area is 156 Å². The van der Waals surface area contributed by atoms with Gasteiger partial charge in [0, 0.05) is 24.6 Å². The molecule has 26 heavy (non-hydrogen) atoms. The summed E-state index contributed by atoms with van der Waals surface area (Å²) < 4.78 is 41.0. The van der Waals surface area contributed by atoms with Crippen molar-refractivity contribution in [2.45, 2.75) is 31.1 Å². The standard InChI is InChI=1S/C18H18ClFN2O3S/c1-11(23)22-10-18(2,3)14-9-13(5-7-17(14)22)26(24,25)21-16-6-4-12(20)8-15(16)19/h4-9,21H,10H2,1-3H3. The average Bonchev–Trinajstić information content (AvgIpc) is 2.81. The van der Waals surface area contributed by atoms with Crippen LogP contribution >= 0.6 is 11.6 Å². The van der Waals surface area contributed by atoms with Crippen molar-refractivity contribution in [1.82, 2.24) is 0 Å². The van der Waals surface area contributed by atoms with Gasteiger partial charge >= 0.3 is 0 Å². The lowest BCUT2D eigenvalue weighted by Gasteiger charge is -2.19. The Morgan fingerprint density at radius 2 is 1.92 bits per heavy atom. The SMILES string of the molecule is CC(=O)N1CC(C)(C)c2cc(S(=O)(=O)Nc3ccc(F)cc3Cl)ccc21. The Morgan fingerprint density at radius 1 is 1.23 bits per heavy atom. The van der Waals surface area contributed by atoms with Gasteiger partial charge in [0.25, 0.3) is 10.0 Å². The molecule has 138 valence electrons. The summed E-state index contributed by atoms with van der Waals surface area (Å²) in [5.74, 6) is -0.648. The second kappa shape index (κ2) is 6.25. The number of nitrogens with one attached hydrogen (secondary N) is 1. The molecule has 1 N–H and O–H groups in total. The molecule has 3 rings (SSSR count). The molecule has 0 bridgehead atoms. The van der Waals surface area contributed by atoms with Gasteiger partial charge in [-0.15, -0.1) is 0 Å². The van der Waals surface area contributed by atoms with Crippen molar-refractivity contribution in [2.75, 3.05) is 16.2 Å². The van der Waals surface area contributed by atoms with Gasteiger partial charge in [0.2, 0.25) is 5.91 Å². The maximum Gasteiger partial charge on any atom is 0.261 e. The van der Waals surface area contributed by atoms with E-state index in [1.54, 1.807) is 17.0 Å². The van der Waals surface area contributed by atoms with Crippen molar-refractivity contribution < 1.29 is 17.6 Å². The van der Waals surface area contributed by atoms with Crippen LogP contribution in [0.4, 0.5) is 15.8 Å². The number of rotatable bonds is 3. The molecular formula is C18H18ClFN2O3S. The van der Waals surface area contributed by atoms with Crippen LogP contribution < -0.4 is 9.62 Å². The van der Waals surface area contributed by atoms with Gasteiger partial charge in [-0.05, 0) is 42.0 Å². The van der Waals surface area contributed by atoms with Crippen LogP contribution in [0.5, 0.6) is 0 Å². The Hall–Kier alpha value is -2.12. The highest BCUT2D eigenvalue weighted by atomic mass is 35.5. The van der Waals surface area contributed by atoms with E-state index in [4.69, 9.17) is 11.6 Å². The van der Waals surface area contributed by atoms with Crippen molar-refractivity contribution in [3.05, 3.63) is 52.8 Å². The number of hydrogen-bond acceptors (Lipinski definition) is 3. The third-order valence-electron chi connectivity index (χ3n) is 4.41. The van der Waals surface area contributed by atoms with Gasteiger partial charge < -0.3 is 4.90 Å².